The summed E-state index contributed by atoms with van der Waals surface area (Å²) in [4.78, 5) is 4.28. The van der Waals surface area contributed by atoms with Gasteiger partial charge in [0.2, 0.25) is 5.16 Å². The molecular formula is C9H11BrN6S. The van der Waals surface area contributed by atoms with Crippen LogP contribution in [-0.2, 0) is 12.3 Å². The van der Waals surface area contributed by atoms with Crippen LogP contribution in [0.25, 0.3) is 0 Å². The van der Waals surface area contributed by atoms with Crippen molar-refractivity contribution in [3.63, 3.8) is 0 Å². The number of pyridine rings is 1. The predicted octanol–water partition coefficient (Wildman–Crippen LogP) is 1.08. The average molecular weight is 315 g/mol. The van der Waals surface area contributed by atoms with Crippen LogP contribution in [0.5, 0.6) is 0 Å². The third kappa shape index (κ3) is 3.48. The molecule has 0 fully saturated rings. The Balaban J connectivity index is 1.97. The van der Waals surface area contributed by atoms with E-state index in [9.17, 15) is 0 Å². The Labute approximate surface area is 111 Å². The molecule has 17 heavy (non-hydrogen) atoms. The van der Waals surface area contributed by atoms with E-state index in [0.717, 1.165) is 21.1 Å². The highest BCUT2D eigenvalue weighted by Gasteiger charge is 2.06. The van der Waals surface area contributed by atoms with Crippen LogP contribution < -0.4 is 5.73 Å². The number of thioether (sulfide) groups is 1. The standard InChI is InChI=1S/C9H11BrN6S/c10-7-1-2-8(12-5-7)6-17-9-13-14-15-16(9)4-3-11/h1-2,5H,3-4,6,11H2. The monoisotopic (exact) mass is 314 g/mol. The quantitative estimate of drug-likeness (QED) is 0.832. The number of aromatic nitrogens is 5. The van der Waals surface area contributed by atoms with E-state index in [1.165, 1.54) is 0 Å². The zero-order chi connectivity index (χ0) is 12.1. The molecule has 2 rings (SSSR count). The molecular weight excluding hydrogens is 304 g/mol. The van der Waals surface area contributed by atoms with Crippen LogP contribution in [0, 0.1) is 0 Å². The number of nitrogens with two attached hydrogens (primary N) is 1. The molecule has 6 nitrogen and oxygen atoms in total. The second-order valence-electron chi connectivity index (χ2n) is 3.23. The summed E-state index contributed by atoms with van der Waals surface area (Å²) < 4.78 is 2.67. The molecule has 2 N–H and O–H groups in total. The van der Waals surface area contributed by atoms with Gasteiger partial charge in [-0.3, -0.25) is 4.98 Å². The normalized spacial score (nSPS) is 10.7. The highest BCUT2D eigenvalue weighted by atomic mass is 79.9. The molecule has 0 radical (unpaired) electrons. The summed E-state index contributed by atoms with van der Waals surface area (Å²) in [6.07, 6.45) is 1.78. The van der Waals surface area contributed by atoms with E-state index in [4.69, 9.17) is 5.73 Å². The van der Waals surface area contributed by atoms with E-state index < -0.39 is 0 Å². The number of hydrogen-bond donors (Lipinski definition) is 1. The first kappa shape index (κ1) is 12.5. The largest absolute Gasteiger partial charge is 0.329 e. The van der Waals surface area contributed by atoms with Gasteiger partial charge in [-0.15, -0.1) is 5.10 Å². The lowest BCUT2D eigenvalue weighted by molar-refractivity contribution is 0.557. The van der Waals surface area contributed by atoms with E-state index in [1.54, 1.807) is 22.6 Å². The minimum atomic E-state index is 0.523. The summed E-state index contributed by atoms with van der Waals surface area (Å²) in [6, 6.07) is 3.93. The molecule has 0 aliphatic heterocycles. The molecule has 0 saturated carbocycles. The fourth-order valence-corrected chi connectivity index (χ4v) is 2.25. The summed E-state index contributed by atoms with van der Waals surface area (Å²) in [5, 5.41) is 12.2. The molecule has 8 heteroatoms. The predicted molar refractivity (Wildman–Crippen MR) is 68.4 cm³/mol. The van der Waals surface area contributed by atoms with Crippen molar-refractivity contribution in [3.05, 3.63) is 28.5 Å². The fraction of sp³-hybridized carbons (Fsp3) is 0.333. The summed E-state index contributed by atoms with van der Waals surface area (Å²) in [6.45, 7) is 1.15. The van der Waals surface area contributed by atoms with Crippen LogP contribution in [0.15, 0.2) is 28.0 Å². The molecule has 0 spiro atoms. The smallest absolute Gasteiger partial charge is 0.209 e. The zero-order valence-corrected chi connectivity index (χ0v) is 11.4. The van der Waals surface area contributed by atoms with Gasteiger partial charge in [0.1, 0.15) is 0 Å². The van der Waals surface area contributed by atoms with Gasteiger partial charge >= 0.3 is 0 Å². The van der Waals surface area contributed by atoms with E-state index in [0.29, 0.717) is 13.1 Å². The third-order valence-electron chi connectivity index (χ3n) is 1.98. The SMILES string of the molecule is NCCn1nnnc1SCc1ccc(Br)cn1. The number of halogens is 1. The second-order valence-corrected chi connectivity index (χ2v) is 5.09. The molecule has 0 saturated heterocycles. The van der Waals surface area contributed by atoms with Crippen LogP contribution in [0.2, 0.25) is 0 Å². The maximum Gasteiger partial charge on any atom is 0.209 e. The first-order valence-corrected chi connectivity index (χ1v) is 6.77. The zero-order valence-electron chi connectivity index (χ0n) is 8.95. The van der Waals surface area contributed by atoms with E-state index in [-0.39, 0.29) is 0 Å². The molecule has 0 bridgehead atoms. The highest BCUT2D eigenvalue weighted by molar-refractivity contribution is 9.10. The summed E-state index contributed by atoms with van der Waals surface area (Å²) in [5.41, 5.74) is 6.46. The number of hydrogen-bond acceptors (Lipinski definition) is 6. The first-order chi connectivity index (χ1) is 8.29. The van der Waals surface area contributed by atoms with Crippen LogP contribution in [-0.4, -0.2) is 31.7 Å². The highest BCUT2D eigenvalue weighted by Crippen LogP contribution is 2.19. The van der Waals surface area contributed by atoms with Crippen LogP contribution in [0.4, 0.5) is 0 Å². The maximum absolute atomic E-state index is 5.47. The Hall–Kier alpha value is -0.990. The van der Waals surface area contributed by atoms with Gasteiger partial charge in [0.05, 0.1) is 12.2 Å². The lowest BCUT2D eigenvalue weighted by atomic mass is 10.4. The molecule has 2 heterocycles. The molecule has 0 amide bonds. The number of tetrazole rings is 1. The Bertz CT molecular complexity index is 471. The Morgan fingerprint density at radius 2 is 2.29 bits per heavy atom. The molecule has 2 aromatic rings. The number of nitrogens with zero attached hydrogens (tertiary/aromatic N) is 5. The summed E-state index contributed by atoms with van der Waals surface area (Å²) in [7, 11) is 0. The summed E-state index contributed by atoms with van der Waals surface area (Å²) in [5.74, 6) is 0.734. The van der Waals surface area contributed by atoms with Crippen LogP contribution in [0.3, 0.4) is 0 Å². The van der Waals surface area contributed by atoms with Crippen molar-refractivity contribution in [2.75, 3.05) is 6.54 Å². The van der Waals surface area contributed by atoms with Gasteiger partial charge in [-0.1, -0.05) is 11.8 Å². The third-order valence-corrected chi connectivity index (χ3v) is 3.44. The van der Waals surface area contributed by atoms with Gasteiger partial charge in [0.25, 0.3) is 0 Å². The lowest BCUT2D eigenvalue weighted by Crippen LogP contribution is -2.12. The number of rotatable bonds is 5. The molecule has 2 aromatic heterocycles. The molecule has 0 aliphatic carbocycles. The van der Waals surface area contributed by atoms with Gasteiger partial charge in [0, 0.05) is 23.0 Å². The average Bonchev–Trinajstić information content (AvgIpc) is 2.77. The minimum absolute atomic E-state index is 0.523. The second kappa shape index (κ2) is 6.08. The lowest BCUT2D eigenvalue weighted by Gasteiger charge is -2.02. The van der Waals surface area contributed by atoms with Gasteiger partial charge in [0.15, 0.2) is 0 Å². The van der Waals surface area contributed by atoms with Crippen LogP contribution in [0.1, 0.15) is 5.69 Å². The van der Waals surface area contributed by atoms with Gasteiger partial charge in [-0.2, -0.15) is 0 Å². The van der Waals surface area contributed by atoms with Crippen molar-refractivity contribution in [1.82, 2.24) is 25.2 Å². The fourth-order valence-electron chi connectivity index (χ4n) is 1.19. The van der Waals surface area contributed by atoms with Gasteiger partial charge < -0.3 is 5.73 Å². The van der Waals surface area contributed by atoms with Crippen molar-refractivity contribution >= 4 is 27.7 Å². The van der Waals surface area contributed by atoms with E-state index in [1.807, 2.05) is 12.1 Å². The topological polar surface area (TPSA) is 82.5 Å². The van der Waals surface area contributed by atoms with Crippen molar-refractivity contribution in [2.24, 2.45) is 5.73 Å². The van der Waals surface area contributed by atoms with Crippen LogP contribution >= 0.6 is 27.7 Å². The van der Waals surface area contributed by atoms with Crippen molar-refractivity contribution < 1.29 is 0 Å². The van der Waals surface area contributed by atoms with Crippen molar-refractivity contribution in [3.8, 4) is 0 Å². The Kier molecular flexibility index (Phi) is 4.46. The molecule has 90 valence electrons. The molecule has 0 unspecified atom stereocenters. The van der Waals surface area contributed by atoms with Gasteiger partial charge in [-0.25, -0.2) is 4.68 Å². The molecule has 0 aromatic carbocycles. The minimum Gasteiger partial charge on any atom is -0.329 e. The molecule has 0 aliphatic rings. The Morgan fingerprint density at radius 1 is 1.41 bits per heavy atom. The first-order valence-electron chi connectivity index (χ1n) is 4.99. The maximum atomic E-state index is 5.47. The molecule has 0 atom stereocenters. The van der Waals surface area contributed by atoms with E-state index >= 15 is 0 Å². The summed E-state index contributed by atoms with van der Waals surface area (Å²) >= 11 is 4.89. The Morgan fingerprint density at radius 3 is 3.00 bits per heavy atom. The van der Waals surface area contributed by atoms with Gasteiger partial charge in [-0.05, 0) is 38.5 Å². The van der Waals surface area contributed by atoms with E-state index in [2.05, 4.69) is 36.4 Å². The van der Waals surface area contributed by atoms with Crippen molar-refractivity contribution in [1.29, 1.82) is 0 Å². The van der Waals surface area contributed by atoms with Crippen molar-refractivity contribution in [2.45, 2.75) is 17.5 Å².